The van der Waals surface area contributed by atoms with Crippen molar-refractivity contribution in [1.82, 2.24) is 9.55 Å². The van der Waals surface area contributed by atoms with E-state index in [4.69, 9.17) is 11.6 Å². The summed E-state index contributed by atoms with van der Waals surface area (Å²) in [7, 11) is 0. The topological polar surface area (TPSA) is 30.2 Å². The van der Waals surface area contributed by atoms with Crippen molar-refractivity contribution in [3.63, 3.8) is 0 Å². The fourth-order valence-electron chi connectivity index (χ4n) is 1.24. The molecule has 0 aliphatic carbocycles. The van der Waals surface area contributed by atoms with Gasteiger partial charge in [-0.2, -0.15) is 0 Å². The summed E-state index contributed by atoms with van der Waals surface area (Å²) >= 11 is 5.86. The fourth-order valence-corrected chi connectivity index (χ4v) is 1.43. The number of aromatic nitrogens is 2. The van der Waals surface area contributed by atoms with Crippen LogP contribution in [0.15, 0.2) is 48.0 Å². The number of rotatable bonds is 1. The highest BCUT2D eigenvalue weighted by Gasteiger charge is 1.95. The van der Waals surface area contributed by atoms with Gasteiger partial charge in [0.25, 0.3) is 0 Å². The Balaban J connectivity index is 2.31. The van der Waals surface area contributed by atoms with E-state index in [0.29, 0.717) is 5.02 Å². The van der Waals surface area contributed by atoms with Crippen molar-refractivity contribution in [3.8, 4) is 0 Å². The highest BCUT2D eigenvalue weighted by molar-refractivity contribution is 6.30. The lowest BCUT2D eigenvalue weighted by Gasteiger charge is -2.00. The van der Waals surface area contributed by atoms with Crippen molar-refractivity contribution in [2.24, 2.45) is 4.99 Å². The van der Waals surface area contributed by atoms with Gasteiger partial charge < -0.3 is 0 Å². The van der Waals surface area contributed by atoms with Crippen LogP contribution in [0.25, 0.3) is 0 Å². The highest BCUT2D eigenvalue weighted by Crippen LogP contribution is 2.18. The van der Waals surface area contributed by atoms with Crippen molar-refractivity contribution in [1.29, 1.82) is 0 Å². The minimum atomic E-state index is 0.690. The van der Waals surface area contributed by atoms with Gasteiger partial charge in [-0.05, 0) is 25.1 Å². The Morgan fingerprint density at radius 3 is 3.00 bits per heavy atom. The molecule has 1 aromatic carbocycles. The molecule has 0 fully saturated rings. The van der Waals surface area contributed by atoms with Gasteiger partial charge in [0.05, 0.1) is 5.69 Å². The van der Waals surface area contributed by atoms with Gasteiger partial charge in [-0.25, -0.2) is 9.98 Å². The molecule has 2 aromatic rings. The monoisotopic (exact) mass is 219 g/mol. The van der Waals surface area contributed by atoms with E-state index in [1.165, 1.54) is 0 Å². The van der Waals surface area contributed by atoms with E-state index < -0.39 is 0 Å². The Kier molecular flexibility index (Phi) is 2.83. The standard InChI is InChI=1S/C11H10ClN3/c1-9(15-6-5-13-8-15)14-11-4-2-3-10(12)7-11/h2-8H,1H3/b14-9+. The number of aliphatic imine (C=N–C) groups is 1. The van der Waals surface area contributed by atoms with Crippen LogP contribution in [0.1, 0.15) is 6.92 Å². The van der Waals surface area contributed by atoms with E-state index in [-0.39, 0.29) is 0 Å². The third-order valence-corrected chi connectivity index (χ3v) is 2.21. The number of nitrogens with zero attached hydrogens (tertiary/aromatic N) is 3. The molecule has 15 heavy (non-hydrogen) atoms. The lowest BCUT2D eigenvalue weighted by Crippen LogP contribution is -2.03. The molecule has 3 nitrogen and oxygen atoms in total. The Morgan fingerprint density at radius 1 is 1.47 bits per heavy atom. The third kappa shape index (κ3) is 2.44. The molecule has 1 heterocycles. The van der Waals surface area contributed by atoms with Gasteiger partial charge in [-0.15, -0.1) is 0 Å². The van der Waals surface area contributed by atoms with Crippen LogP contribution in [0.2, 0.25) is 5.02 Å². The lowest BCUT2D eigenvalue weighted by molar-refractivity contribution is 1.11. The van der Waals surface area contributed by atoms with E-state index in [0.717, 1.165) is 11.5 Å². The quantitative estimate of drug-likeness (QED) is 0.535. The third-order valence-electron chi connectivity index (χ3n) is 1.98. The Morgan fingerprint density at radius 2 is 2.33 bits per heavy atom. The summed E-state index contributed by atoms with van der Waals surface area (Å²) in [6, 6.07) is 7.43. The molecule has 0 spiro atoms. The van der Waals surface area contributed by atoms with E-state index in [1.807, 2.05) is 42.0 Å². The van der Waals surface area contributed by atoms with Crippen LogP contribution >= 0.6 is 11.6 Å². The van der Waals surface area contributed by atoms with Crippen molar-refractivity contribution in [3.05, 3.63) is 48.0 Å². The van der Waals surface area contributed by atoms with E-state index in [9.17, 15) is 0 Å². The summed E-state index contributed by atoms with van der Waals surface area (Å²) in [5.74, 6) is 0.856. The van der Waals surface area contributed by atoms with Gasteiger partial charge in [0.2, 0.25) is 0 Å². The average molecular weight is 220 g/mol. The first-order valence-electron chi connectivity index (χ1n) is 4.55. The first-order valence-corrected chi connectivity index (χ1v) is 4.93. The van der Waals surface area contributed by atoms with Crippen molar-refractivity contribution < 1.29 is 0 Å². The van der Waals surface area contributed by atoms with Crippen LogP contribution < -0.4 is 0 Å². The van der Waals surface area contributed by atoms with Crippen LogP contribution in [-0.4, -0.2) is 15.4 Å². The Hall–Kier alpha value is -1.61. The summed E-state index contributed by atoms with van der Waals surface area (Å²) in [5, 5.41) is 0.690. The zero-order valence-electron chi connectivity index (χ0n) is 8.26. The van der Waals surface area contributed by atoms with Crippen LogP contribution in [0.5, 0.6) is 0 Å². The molecule has 76 valence electrons. The zero-order valence-corrected chi connectivity index (χ0v) is 9.02. The minimum absolute atomic E-state index is 0.690. The fraction of sp³-hybridized carbons (Fsp3) is 0.0909. The normalized spacial score (nSPS) is 11.7. The summed E-state index contributed by atoms with van der Waals surface area (Å²) in [4.78, 5) is 8.38. The molecule has 0 N–H and O–H groups in total. The molecule has 1 aromatic heterocycles. The predicted molar refractivity (Wildman–Crippen MR) is 61.8 cm³/mol. The summed E-state index contributed by atoms with van der Waals surface area (Å²) < 4.78 is 1.85. The van der Waals surface area contributed by atoms with E-state index in [2.05, 4.69) is 9.98 Å². The summed E-state index contributed by atoms with van der Waals surface area (Å²) in [5.41, 5.74) is 0.841. The highest BCUT2D eigenvalue weighted by atomic mass is 35.5. The predicted octanol–water partition coefficient (Wildman–Crippen LogP) is 3.13. The average Bonchev–Trinajstić information content (AvgIpc) is 2.70. The maximum absolute atomic E-state index is 5.86. The summed E-state index contributed by atoms with van der Waals surface area (Å²) in [6.45, 7) is 1.92. The van der Waals surface area contributed by atoms with Gasteiger partial charge in [0.15, 0.2) is 0 Å². The van der Waals surface area contributed by atoms with E-state index in [1.54, 1.807) is 12.5 Å². The lowest BCUT2D eigenvalue weighted by atomic mass is 10.3. The van der Waals surface area contributed by atoms with Crippen LogP contribution in [0, 0.1) is 0 Å². The van der Waals surface area contributed by atoms with Gasteiger partial charge in [-0.1, -0.05) is 17.7 Å². The molecule has 0 atom stereocenters. The molecular formula is C11H10ClN3. The van der Waals surface area contributed by atoms with E-state index >= 15 is 0 Å². The molecule has 0 aliphatic heterocycles. The second kappa shape index (κ2) is 4.28. The molecule has 0 amide bonds. The first kappa shape index (κ1) is 9.93. The van der Waals surface area contributed by atoms with Gasteiger partial charge >= 0.3 is 0 Å². The van der Waals surface area contributed by atoms with Gasteiger partial charge in [0.1, 0.15) is 12.2 Å². The maximum atomic E-state index is 5.86. The smallest absolute Gasteiger partial charge is 0.111 e. The first-order chi connectivity index (χ1) is 7.25. The second-order valence-corrected chi connectivity index (χ2v) is 3.55. The molecule has 0 aliphatic rings. The molecule has 0 saturated carbocycles. The number of hydrogen-bond acceptors (Lipinski definition) is 2. The molecular weight excluding hydrogens is 210 g/mol. The number of halogens is 1. The van der Waals surface area contributed by atoms with Crippen LogP contribution in [-0.2, 0) is 0 Å². The molecule has 0 bridgehead atoms. The van der Waals surface area contributed by atoms with Gasteiger partial charge in [-0.3, -0.25) is 4.57 Å². The molecule has 0 saturated heterocycles. The van der Waals surface area contributed by atoms with Crippen molar-refractivity contribution >= 4 is 23.1 Å². The zero-order chi connectivity index (χ0) is 10.7. The van der Waals surface area contributed by atoms with Crippen LogP contribution in [0.3, 0.4) is 0 Å². The Bertz CT molecular complexity index is 474. The SMILES string of the molecule is C/C(=N\c1cccc(Cl)c1)n1ccnc1. The van der Waals surface area contributed by atoms with Crippen molar-refractivity contribution in [2.45, 2.75) is 6.92 Å². The van der Waals surface area contributed by atoms with Crippen molar-refractivity contribution in [2.75, 3.05) is 0 Å². The Labute approximate surface area is 93.1 Å². The molecule has 4 heteroatoms. The molecule has 2 rings (SSSR count). The minimum Gasteiger partial charge on any atom is -0.294 e. The molecule has 0 unspecified atom stereocenters. The molecule has 0 radical (unpaired) electrons. The van der Waals surface area contributed by atoms with Gasteiger partial charge in [0, 0.05) is 17.4 Å². The number of imidazole rings is 1. The van der Waals surface area contributed by atoms with Crippen LogP contribution in [0.4, 0.5) is 5.69 Å². The number of benzene rings is 1. The largest absolute Gasteiger partial charge is 0.294 e. The second-order valence-electron chi connectivity index (χ2n) is 3.11. The maximum Gasteiger partial charge on any atom is 0.111 e. The summed E-state index contributed by atoms with van der Waals surface area (Å²) in [6.07, 6.45) is 5.28. The number of hydrogen-bond donors (Lipinski definition) is 0.